The zero-order valence-electron chi connectivity index (χ0n) is 14.9. The summed E-state index contributed by atoms with van der Waals surface area (Å²) in [5.74, 6) is -1.08. The SMILES string of the molecule is O=C(COC(=O)Cn1nnc2ccccc21)Nc1nc(-c2ccccc2Cl)cs1. The lowest BCUT2D eigenvalue weighted by atomic mass is 10.2. The maximum atomic E-state index is 12.1. The first-order valence-corrected chi connectivity index (χ1v) is 9.80. The minimum Gasteiger partial charge on any atom is -0.454 e. The third kappa shape index (κ3) is 4.41. The summed E-state index contributed by atoms with van der Waals surface area (Å²) in [5.41, 5.74) is 2.82. The lowest BCUT2D eigenvalue weighted by Crippen LogP contribution is -2.23. The van der Waals surface area contributed by atoms with E-state index in [0.29, 0.717) is 26.9 Å². The fourth-order valence-electron chi connectivity index (χ4n) is 2.63. The van der Waals surface area contributed by atoms with Crippen molar-refractivity contribution in [3.05, 3.63) is 58.9 Å². The first-order valence-electron chi connectivity index (χ1n) is 8.54. The second kappa shape index (κ2) is 8.38. The summed E-state index contributed by atoms with van der Waals surface area (Å²) < 4.78 is 6.45. The summed E-state index contributed by atoms with van der Waals surface area (Å²) >= 11 is 7.42. The van der Waals surface area contributed by atoms with E-state index in [1.165, 1.54) is 16.0 Å². The molecule has 10 heteroatoms. The highest BCUT2D eigenvalue weighted by molar-refractivity contribution is 7.14. The monoisotopic (exact) mass is 427 g/mol. The largest absolute Gasteiger partial charge is 0.454 e. The molecule has 1 amide bonds. The van der Waals surface area contributed by atoms with Crippen molar-refractivity contribution in [1.82, 2.24) is 20.0 Å². The molecule has 146 valence electrons. The lowest BCUT2D eigenvalue weighted by molar-refractivity contribution is -0.148. The van der Waals surface area contributed by atoms with E-state index >= 15 is 0 Å². The number of esters is 1. The Hall–Kier alpha value is -3.30. The fraction of sp³-hybridized carbons (Fsp3) is 0.105. The number of amides is 1. The van der Waals surface area contributed by atoms with Gasteiger partial charge >= 0.3 is 5.97 Å². The molecular formula is C19H14ClN5O3S. The number of hydrogen-bond donors (Lipinski definition) is 1. The van der Waals surface area contributed by atoms with Crippen molar-refractivity contribution < 1.29 is 14.3 Å². The molecule has 0 spiro atoms. The maximum absolute atomic E-state index is 12.1. The summed E-state index contributed by atoms with van der Waals surface area (Å²) in [6, 6.07) is 14.6. The van der Waals surface area contributed by atoms with Crippen LogP contribution in [0, 0.1) is 0 Å². The van der Waals surface area contributed by atoms with Gasteiger partial charge in [0, 0.05) is 16.0 Å². The molecule has 0 radical (unpaired) electrons. The van der Waals surface area contributed by atoms with Crippen molar-refractivity contribution in [2.45, 2.75) is 6.54 Å². The zero-order valence-corrected chi connectivity index (χ0v) is 16.5. The van der Waals surface area contributed by atoms with Gasteiger partial charge in [0.25, 0.3) is 5.91 Å². The van der Waals surface area contributed by atoms with Crippen LogP contribution in [0.1, 0.15) is 0 Å². The zero-order chi connectivity index (χ0) is 20.2. The predicted molar refractivity (Wildman–Crippen MR) is 110 cm³/mol. The van der Waals surface area contributed by atoms with Crippen LogP contribution in [0.4, 0.5) is 5.13 Å². The summed E-state index contributed by atoms with van der Waals surface area (Å²) in [5, 5.41) is 13.2. The number of para-hydroxylation sites is 1. The smallest absolute Gasteiger partial charge is 0.328 e. The Morgan fingerprint density at radius 1 is 1.14 bits per heavy atom. The molecule has 29 heavy (non-hydrogen) atoms. The van der Waals surface area contributed by atoms with Gasteiger partial charge in [-0.05, 0) is 18.2 Å². The molecular weight excluding hydrogens is 414 g/mol. The number of aromatic nitrogens is 4. The highest BCUT2D eigenvalue weighted by atomic mass is 35.5. The van der Waals surface area contributed by atoms with Crippen molar-refractivity contribution in [2.75, 3.05) is 11.9 Å². The Kier molecular flexibility index (Phi) is 5.50. The Morgan fingerprint density at radius 2 is 1.93 bits per heavy atom. The Morgan fingerprint density at radius 3 is 2.79 bits per heavy atom. The molecule has 8 nitrogen and oxygen atoms in total. The number of ether oxygens (including phenoxy) is 1. The van der Waals surface area contributed by atoms with Crippen LogP contribution in [0.3, 0.4) is 0 Å². The standard InChI is InChI=1S/C19H14ClN5O3S/c20-13-6-2-1-5-12(13)15-11-29-19(21-15)22-17(26)10-28-18(27)9-25-16-8-4-3-7-14(16)23-24-25/h1-8,11H,9-10H2,(H,21,22,26). The first-order chi connectivity index (χ1) is 14.1. The molecule has 0 saturated carbocycles. The number of nitrogens with zero attached hydrogens (tertiary/aromatic N) is 4. The summed E-state index contributed by atoms with van der Waals surface area (Å²) in [4.78, 5) is 28.4. The van der Waals surface area contributed by atoms with E-state index in [0.717, 1.165) is 5.56 Å². The topological polar surface area (TPSA) is 99.0 Å². The van der Waals surface area contributed by atoms with Crippen LogP contribution < -0.4 is 5.32 Å². The molecule has 2 heterocycles. The fourth-order valence-corrected chi connectivity index (χ4v) is 3.59. The molecule has 0 saturated heterocycles. The van der Waals surface area contributed by atoms with Crippen molar-refractivity contribution in [2.24, 2.45) is 0 Å². The maximum Gasteiger partial charge on any atom is 0.328 e. The van der Waals surface area contributed by atoms with Crippen LogP contribution in [-0.2, 0) is 20.9 Å². The Bertz CT molecular complexity index is 1190. The third-order valence-electron chi connectivity index (χ3n) is 3.96. The van der Waals surface area contributed by atoms with Crippen molar-refractivity contribution in [3.8, 4) is 11.3 Å². The van der Waals surface area contributed by atoms with Crippen LogP contribution in [0.25, 0.3) is 22.3 Å². The number of carbonyl (C=O) groups is 2. The van der Waals surface area contributed by atoms with Crippen LogP contribution >= 0.6 is 22.9 Å². The average molecular weight is 428 g/mol. The molecule has 4 rings (SSSR count). The number of hydrogen-bond acceptors (Lipinski definition) is 7. The summed E-state index contributed by atoms with van der Waals surface area (Å²) in [6.45, 7) is -0.561. The van der Waals surface area contributed by atoms with Gasteiger partial charge in [0.15, 0.2) is 11.7 Å². The third-order valence-corrected chi connectivity index (χ3v) is 5.05. The number of rotatable bonds is 6. The molecule has 4 aromatic rings. The van der Waals surface area contributed by atoms with Gasteiger partial charge in [0.1, 0.15) is 12.1 Å². The highest BCUT2D eigenvalue weighted by Crippen LogP contribution is 2.30. The van der Waals surface area contributed by atoms with Gasteiger partial charge in [-0.3, -0.25) is 14.9 Å². The number of anilines is 1. The molecule has 1 N–H and O–H groups in total. The van der Waals surface area contributed by atoms with Gasteiger partial charge in [-0.25, -0.2) is 9.67 Å². The summed E-state index contributed by atoms with van der Waals surface area (Å²) in [7, 11) is 0. The number of thiazole rings is 1. The van der Waals surface area contributed by atoms with E-state index < -0.39 is 18.5 Å². The van der Waals surface area contributed by atoms with E-state index in [9.17, 15) is 9.59 Å². The van der Waals surface area contributed by atoms with E-state index in [1.807, 2.05) is 30.3 Å². The summed E-state index contributed by atoms with van der Waals surface area (Å²) in [6.07, 6.45) is 0. The van der Waals surface area contributed by atoms with Gasteiger partial charge in [-0.15, -0.1) is 16.4 Å². The van der Waals surface area contributed by atoms with Gasteiger partial charge < -0.3 is 4.74 Å². The van der Waals surface area contributed by atoms with Crippen LogP contribution in [0.2, 0.25) is 5.02 Å². The number of halogens is 1. The minimum atomic E-state index is -0.591. The van der Waals surface area contributed by atoms with E-state index in [4.69, 9.17) is 16.3 Å². The Labute approximate surface area is 174 Å². The number of benzene rings is 2. The molecule has 2 aromatic heterocycles. The normalized spacial score (nSPS) is 10.8. The van der Waals surface area contributed by atoms with Gasteiger partial charge in [-0.2, -0.15) is 0 Å². The van der Waals surface area contributed by atoms with Crippen molar-refractivity contribution in [3.63, 3.8) is 0 Å². The number of fused-ring (bicyclic) bond motifs is 1. The highest BCUT2D eigenvalue weighted by Gasteiger charge is 2.14. The molecule has 0 aliphatic carbocycles. The molecule has 0 aliphatic rings. The van der Waals surface area contributed by atoms with E-state index in [2.05, 4.69) is 20.6 Å². The van der Waals surface area contributed by atoms with E-state index in [1.54, 1.807) is 23.6 Å². The quantitative estimate of drug-likeness (QED) is 0.473. The molecule has 0 fully saturated rings. The predicted octanol–water partition coefficient (Wildman–Crippen LogP) is 3.39. The van der Waals surface area contributed by atoms with Gasteiger partial charge in [0.05, 0.1) is 11.2 Å². The van der Waals surface area contributed by atoms with E-state index in [-0.39, 0.29) is 6.54 Å². The van der Waals surface area contributed by atoms with Crippen LogP contribution in [-0.4, -0.2) is 38.5 Å². The second-order valence-corrected chi connectivity index (χ2v) is 7.23. The van der Waals surface area contributed by atoms with Crippen molar-refractivity contribution in [1.29, 1.82) is 0 Å². The molecule has 0 aliphatic heterocycles. The number of carbonyl (C=O) groups excluding carboxylic acids is 2. The van der Waals surface area contributed by atoms with Crippen LogP contribution in [0.15, 0.2) is 53.9 Å². The molecule has 0 bridgehead atoms. The molecule has 0 unspecified atom stereocenters. The van der Waals surface area contributed by atoms with Crippen molar-refractivity contribution >= 4 is 51.0 Å². The Balaban J connectivity index is 1.31. The minimum absolute atomic E-state index is 0.137. The lowest BCUT2D eigenvalue weighted by Gasteiger charge is -2.05. The van der Waals surface area contributed by atoms with Gasteiger partial charge in [0.2, 0.25) is 0 Å². The van der Waals surface area contributed by atoms with Gasteiger partial charge in [-0.1, -0.05) is 47.1 Å². The molecule has 0 atom stereocenters. The number of nitrogens with one attached hydrogen (secondary N) is 1. The second-order valence-electron chi connectivity index (χ2n) is 5.96. The average Bonchev–Trinajstić information content (AvgIpc) is 3.34. The van der Waals surface area contributed by atoms with Crippen LogP contribution in [0.5, 0.6) is 0 Å². The first kappa shape index (κ1) is 19.0. The molecule has 2 aromatic carbocycles.